The minimum absolute atomic E-state index is 0.134. The molecular formula is C12H11ClFNO. The van der Waals surface area contributed by atoms with E-state index >= 15 is 0 Å². The monoisotopic (exact) mass is 239 g/mol. The van der Waals surface area contributed by atoms with E-state index in [2.05, 4.69) is 4.84 Å². The lowest BCUT2D eigenvalue weighted by Gasteiger charge is -2.07. The van der Waals surface area contributed by atoms with Crippen LogP contribution in [0.25, 0.3) is 10.8 Å². The second-order valence-corrected chi connectivity index (χ2v) is 4.11. The van der Waals surface area contributed by atoms with Gasteiger partial charge in [-0.15, -0.1) is 0 Å². The molecule has 0 saturated carbocycles. The smallest absolute Gasteiger partial charge is 0.142 e. The molecule has 0 bridgehead atoms. The molecule has 2 nitrogen and oxygen atoms in total. The number of rotatable bonds is 2. The van der Waals surface area contributed by atoms with E-state index in [1.807, 2.05) is 19.1 Å². The summed E-state index contributed by atoms with van der Waals surface area (Å²) < 4.78 is 13.3. The van der Waals surface area contributed by atoms with Gasteiger partial charge >= 0.3 is 0 Å². The summed E-state index contributed by atoms with van der Waals surface area (Å²) >= 11 is 5.72. The molecule has 0 radical (unpaired) electrons. The lowest BCUT2D eigenvalue weighted by atomic mass is 10.0. The number of hydrogen-bond acceptors (Lipinski definition) is 2. The first-order chi connectivity index (χ1) is 7.61. The maximum atomic E-state index is 13.3. The van der Waals surface area contributed by atoms with Crippen molar-refractivity contribution in [1.82, 2.24) is 0 Å². The van der Waals surface area contributed by atoms with E-state index in [1.54, 1.807) is 6.07 Å². The predicted molar refractivity (Wildman–Crippen MR) is 62.6 cm³/mol. The average molecular weight is 240 g/mol. The molecule has 0 fully saturated rings. The largest absolute Gasteiger partial charge is 0.300 e. The molecule has 2 aromatic rings. The van der Waals surface area contributed by atoms with Gasteiger partial charge in [-0.3, -0.25) is 4.84 Å². The fourth-order valence-electron chi connectivity index (χ4n) is 1.70. The third kappa shape index (κ3) is 2.02. The summed E-state index contributed by atoms with van der Waals surface area (Å²) in [4.78, 5) is 4.59. The van der Waals surface area contributed by atoms with E-state index < -0.39 is 5.82 Å². The zero-order valence-electron chi connectivity index (χ0n) is 8.76. The molecule has 0 aliphatic carbocycles. The van der Waals surface area contributed by atoms with E-state index in [1.165, 1.54) is 6.07 Å². The van der Waals surface area contributed by atoms with Crippen molar-refractivity contribution in [3.63, 3.8) is 0 Å². The molecule has 16 heavy (non-hydrogen) atoms. The van der Waals surface area contributed by atoms with Crippen molar-refractivity contribution in [1.29, 1.82) is 0 Å². The van der Waals surface area contributed by atoms with E-state index in [9.17, 15) is 4.39 Å². The zero-order valence-corrected chi connectivity index (χ0v) is 9.51. The van der Waals surface area contributed by atoms with Crippen LogP contribution in [0, 0.1) is 12.7 Å². The van der Waals surface area contributed by atoms with Gasteiger partial charge in [0.1, 0.15) is 5.82 Å². The fourth-order valence-corrected chi connectivity index (χ4v) is 1.87. The highest BCUT2D eigenvalue weighted by atomic mass is 35.5. The topological polar surface area (TPSA) is 35.2 Å². The van der Waals surface area contributed by atoms with E-state index in [0.717, 1.165) is 21.9 Å². The van der Waals surface area contributed by atoms with Crippen LogP contribution in [0.15, 0.2) is 24.3 Å². The average Bonchev–Trinajstić information content (AvgIpc) is 2.23. The van der Waals surface area contributed by atoms with E-state index in [4.69, 9.17) is 17.5 Å². The lowest BCUT2D eigenvalue weighted by Crippen LogP contribution is -2.00. The third-order valence-corrected chi connectivity index (χ3v) is 2.86. The number of nitrogens with two attached hydrogens (primary N) is 1. The summed E-state index contributed by atoms with van der Waals surface area (Å²) in [5.41, 5.74) is 1.98. The van der Waals surface area contributed by atoms with Crippen LogP contribution in [0.1, 0.15) is 11.1 Å². The highest BCUT2D eigenvalue weighted by Crippen LogP contribution is 2.25. The minimum atomic E-state index is -0.419. The Hall–Kier alpha value is -1.16. The molecule has 0 spiro atoms. The van der Waals surface area contributed by atoms with Crippen LogP contribution in [-0.4, -0.2) is 0 Å². The van der Waals surface area contributed by atoms with Gasteiger partial charge in [0.25, 0.3) is 0 Å². The van der Waals surface area contributed by atoms with Crippen LogP contribution >= 0.6 is 11.6 Å². The molecule has 2 rings (SSSR count). The fraction of sp³-hybridized carbons (Fsp3) is 0.167. The first kappa shape index (κ1) is 11.3. The van der Waals surface area contributed by atoms with E-state index in [0.29, 0.717) is 6.61 Å². The molecule has 4 heteroatoms. The molecule has 0 amide bonds. The van der Waals surface area contributed by atoms with Gasteiger partial charge in [0.15, 0.2) is 0 Å². The maximum Gasteiger partial charge on any atom is 0.142 e. The van der Waals surface area contributed by atoms with Crippen LogP contribution in [0.5, 0.6) is 0 Å². The van der Waals surface area contributed by atoms with Crippen LogP contribution in [0.3, 0.4) is 0 Å². The summed E-state index contributed by atoms with van der Waals surface area (Å²) in [6.45, 7) is 2.26. The van der Waals surface area contributed by atoms with Crippen molar-refractivity contribution in [3.05, 3.63) is 46.2 Å². The molecule has 2 aromatic carbocycles. The maximum absolute atomic E-state index is 13.3. The third-order valence-electron chi connectivity index (χ3n) is 2.57. The molecule has 84 valence electrons. The summed E-state index contributed by atoms with van der Waals surface area (Å²) in [6, 6.07) is 6.83. The van der Waals surface area contributed by atoms with Crippen molar-refractivity contribution in [2.75, 3.05) is 0 Å². The van der Waals surface area contributed by atoms with Crippen LogP contribution < -0.4 is 5.90 Å². The van der Waals surface area contributed by atoms with Crippen LogP contribution in [0.4, 0.5) is 4.39 Å². The second kappa shape index (κ2) is 4.37. The highest BCUT2D eigenvalue weighted by Gasteiger charge is 2.06. The molecule has 0 aromatic heterocycles. The first-order valence-corrected chi connectivity index (χ1v) is 5.19. The number of aryl methyl sites for hydroxylation is 1. The van der Waals surface area contributed by atoms with Gasteiger partial charge in [-0.2, -0.15) is 0 Å². The zero-order chi connectivity index (χ0) is 11.7. The standard InChI is InChI=1S/C12H11ClFNO/c1-7-2-8-4-11(13)12(14)5-9(8)3-10(7)6-16-15/h2-5H,6,15H2,1H3. The molecule has 0 unspecified atom stereocenters. The van der Waals surface area contributed by atoms with E-state index in [-0.39, 0.29) is 5.02 Å². The molecule has 2 N–H and O–H groups in total. The Morgan fingerprint density at radius 3 is 2.62 bits per heavy atom. The quantitative estimate of drug-likeness (QED) is 0.816. The Morgan fingerprint density at radius 2 is 1.94 bits per heavy atom. The highest BCUT2D eigenvalue weighted by molar-refractivity contribution is 6.31. The van der Waals surface area contributed by atoms with Crippen molar-refractivity contribution < 1.29 is 9.23 Å². The lowest BCUT2D eigenvalue weighted by molar-refractivity contribution is 0.124. The molecule has 0 aliphatic heterocycles. The predicted octanol–water partition coefficient (Wildman–Crippen LogP) is 3.33. The second-order valence-electron chi connectivity index (χ2n) is 3.70. The van der Waals surface area contributed by atoms with Gasteiger partial charge in [0, 0.05) is 0 Å². The summed E-state index contributed by atoms with van der Waals surface area (Å²) in [5, 5.41) is 1.83. The van der Waals surface area contributed by atoms with Crippen molar-refractivity contribution in [2.45, 2.75) is 13.5 Å². The molecule has 0 saturated heterocycles. The summed E-state index contributed by atoms with van der Waals surface area (Å²) in [7, 11) is 0. The number of hydrogen-bond donors (Lipinski definition) is 1. The minimum Gasteiger partial charge on any atom is -0.300 e. The molecular weight excluding hydrogens is 229 g/mol. The van der Waals surface area contributed by atoms with Gasteiger partial charge < -0.3 is 0 Å². The summed E-state index contributed by atoms with van der Waals surface area (Å²) in [5.74, 6) is 4.61. The van der Waals surface area contributed by atoms with Gasteiger partial charge in [-0.1, -0.05) is 17.7 Å². The number of halogens is 2. The van der Waals surface area contributed by atoms with Gasteiger partial charge in [-0.25, -0.2) is 10.3 Å². The Kier molecular flexibility index (Phi) is 3.10. The van der Waals surface area contributed by atoms with Gasteiger partial charge in [-0.05, 0) is 47.0 Å². The van der Waals surface area contributed by atoms with Crippen LogP contribution in [0.2, 0.25) is 5.02 Å². The first-order valence-electron chi connectivity index (χ1n) is 4.82. The van der Waals surface area contributed by atoms with Gasteiger partial charge in [0.05, 0.1) is 11.6 Å². The van der Waals surface area contributed by atoms with Gasteiger partial charge in [0.2, 0.25) is 0 Å². The van der Waals surface area contributed by atoms with Crippen molar-refractivity contribution >= 4 is 22.4 Å². The Balaban J connectivity index is 2.65. The molecule has 0 atom stereocenters. The van der Waals surface area contributed by atoms with Crippen molar-refractivity contribution in [3.8, 4) is 0 Å². The van der Waals surface area contributed by atoms with Crippen molar-refractivity contribution in [2.24, 2.45) is 5.90 Å². The van der Waals surface area contributed by atoms with Crippen LogP contribution in [-0.2, 0) is 11.4 Å². The normalized spacial score (nSPS) is 11.0. The summed E-state index contributed by atoms with van der Waals surface area (Å²) in [6.07, 6.45) is 0. The molecule has 0 heterocycles. The Morgan fingerprint density at radius 1 is 1.25 bits per heavy atom. The Bertz CT molecular complexity index is 542. The number of fused-ring (bicyclic) bond motifs is 1. The molecule has 0 aliphatic rings. The Labute approximate surface area is 97.7 Å². The number of benzene rings is 2. The SMILES string of the molecule is Cc1cc2cc(Cl)c(F)cc2cc1CON.